The van der Waals surface area contributed by atoms with Crippen LogP contribution in [0.15, 0.2) is 53.4 Å². The van der Waals surface area contributed by atoms with E-state index >= 15 is 0 Å². The van der Waals surface area contributed by atoms with Crippen molar-refractivity contribution in [1.29, 1.82) is 5.26 Å². The number of hydrogen-bond donors (Lipinski definition) is 0. The van der Waals surface area contributed by atoms with Gasteiger partial charge in [-0.1, -0.05) is 18.2 Å². The fourth-order valence-corrected chi connectivity index (χ4v) is 3.25. The van der Waals surface area contributed by atoms with Crippen molar-refractivity contribution in [2.24, 2.45) is 0 Å². The number of para-hydroxylation sites is 1. The molecule has 0 atom stereocenters. The van der Waals surface area contributed by atoms with Crippen LogP contribution in [0.4, 0.5) is 0 Å². The molecule has 5 nitrogen and oxygen atoms in total. The molecular weight excluding hydrogens is 348 g/mol. The number of fused-ring (bicyclic) bond motifs is 1. The maximum absolute atomic E-state index is 12.5. The average Bonchev–Trinajstić information content (AvgIpc) is 3.30. The van der Waals surface area contributed by atoms with Crippen LogP contribution in [0.1, 0.15) is 22.3 Å². The Bertz CT molecular complexity index is 994. The first-order chi connectivity index (χ1) is 12.7. The molecule has 26 heavy (non-hydrogen) atoms. The van der Waals surface area contributed by atoms with E-state index in [-0.39, 0.29) is 12.4 Å². The predicted octanol–water partition coefficient (Wildman–Crippen LogP) is 4.06. The summed E-state index contributed by atoms with van der Waals surface area (Å²) in [4.78, 5) is 24.3. The van der Waals surface area contributed by atoms with Crippen LogP contribution in [0.3, 0.4) is 0 Å². The third kappa shape index (κ3) is 4.08. The first kappa shape index (κ1) is 17.6. The van der Waals surface area contributed by atoms with Crippen LogP contribution >= 0.6 is 11.3 Å². The minimum Gasteiger partial charge on any atom is -0.454 e. The number of carbonyl (C=O) groups excluding carboxylic acids is 2. The van der Waals surface area contributed by atoms with Gasteiger partial charge in [-0.25, -0.2) is 4.79 Å². The minimum absolute atomic E-state index is 0.269. The maximum Gasteiger partial charge on any atom is 0.331 e. The monoisotopic (exact) mass is 364 g/mol. The summed E-state index contributed by atoms with van der Waals surface area (Å²) in [6.07, 6.45) is 5.04. The third-order valence-corrected chi connectivity index (χ3v) is 4.56. The molecule has 0 radical (unpaired) electrons. The van der Waals surface area contributed by atoms with E-state index < -0.39 is 5.97 Å². The van der Waals surface area contributed by atoms with Gasteiger partial charge in [0.25, 0.3) is 0 Å². The summed E-state index contributed by atoms with van der Waals surface area (Å²) in [7, 11) is 0. The Kier molecular flexibility index (Phi) is 5.62. The number of ether oxygens (including phenoxy) is 1. The first-order valence-corrected chi connectivity index (χ1v) is 8.98. The molecule has 0 aliphatic carbocycles. The maximum atomic E-state index is 12.5. The lowest BCUT2D eigenvalue weighted by atomic mass is 10.1. The van der Waals surface area contributed by atoms with Crippen molar-refractivity contribution in [2.75, 3.05) is 6.61 Å². The van der Waals surface area contributed by atoms with Crippen molar-refractivity contribution < 1.29 is 14.3 Å². The number of hydrogen-bond acceptors (Lipinski definition) is 5. The van der Waals surface area contributed by atoms with Gasteiger partial charge in [0.15, 0.2) is 6.61 Å². The summed E-state index contributed by atoms with van der Waals surface area (Å²) in [6, 6.07) is 11.5. The number of carbonyl (C=O) groups is 2. The highest BCUT2D eigenvalue weighted by molar-refractivity contribution is 7.08. The minimum atomic E-state index is -0.558. The lowest BCUT2D eigenvalue weighted by molar-refractivity contribution is -0.136. The Morgan fingerprint density at radius 2 is 2.12 bits per heavy atom. The predicted molar refractivity (Wildman–Crippen MR) is 101 cm³/mol. The second-order valence-electron chi connectivity index (χ2n) is 5.58. The van der Waals surface area contributed by atoms with Crippen molar-refractivity contribution in [3.05, 3.63) is 64.5 Å². The number of aryl methyl sites for hydroxylation is 1. The Balaban J connectivity index is 1.70. The largest absolute Gasteiger partial charge is 0.454 e. The van der Waals surface area contributed by atoms with Gasteiger partial charge >= 0.3 is 5.97 Å². The summed E-state index contributed by atoms with van der Waals surface area (Å²) in [5.41, 5.74) is 2.29. The second-order valence-corrected chi connectivity index (χ2v) is 6.36. The molecule has 0 aliphatic rings. The van der Waals surface area contributed by atoms with Crippen molar-refractivity contribution in [3.8, 4) is 6.07 Å². The lowest BCUT2D eigenvalue weighted by Crippen LogP contribution is -2.12. The van der Waals surface area contributed by atoms with E-state index in [4.69, 9.17) is 10.00 Å². The van der Waals surface area contributed by atoms with E-state index in [9.17, 15) is 9.59 Å². The number of nitrogens with zero attached hydrogens (tertiary/aromatic N) is 2. The van der Waals surface area contributed by atoms with Crippen LogP contribution < -0.4 is 0 Å². The number of esters is 1. The molecule has 0 bridgehead atoms. The Hall–Kier alpha value is -3.17. The molecule has 0 N–H and O–H groups in total. The summed E-state index contributed by atoms with van der Waals surface area (Å²) in [6.45, 7) is 0.187. The van der Waals surface area contributed by atoms with Crippen molar-refractivity contribution in [2.45, 2.75) is 13.0 Å². The van der Waals surface area contributed by atoms with E-state index in [0.717, 1.165) is 16.5 Å². The topological polar surface area (TPSA) is 72.1 Å². The highest BCUT2D eigenvalue weighted by atomic mass is 32.1. The number of thiophene rings is 1. The quantitative estimate of drug-likeness (QED) is 0.360. The smallest absolute Gasteiger partial charge is 0.331 e. The third-order valence-electron chi connectivity index (χ3n) is 3.85. The van der Waals surface area contributed by atoms with Gasteiger partial charge in [-0.3, -0.25) is 4.79 Å². The SMILES string of the molecule is N#CCCn1cc(C(=O)COC(=O)/C=C/c2ccsc2)c2ccccc21. The van der Waals surface area contributed by atoms with Gasteiger partial charge in [-0.15, -0.1) is 0 Å². The van der Waals surface area contributed by atoms with Crippen LogP contribution in [0, 0.1) is 11.3 Å². The Morgan fingerprint density at radius 3 is 2.88 bits per heavy atom. The summed E-state index contributed by atoms with van der Waals surface area (Å²) >= 11 is 1.54. The van der Waals surface area contributed by atoms with Crippen LogP contribution in [-0.4, -0.2) is 22.9 Å². The molecule has 1 aromatic carbocycles. The van der Waals surface area contributed by atoms with Crippen LogP contribution in [0.5, 0.6) is 0 Å². The number of ketones is 1. The fraction of sp³-hybridized carbons (Fsp3) is 0.150. The summed E-state index contributed by atoms with van der Waals surface area (Å²) in [5.74, 6) is -0.827. The molecule has 0 saturated heterocycles. The normalized spacial score (nSPS) is 10.9. The highest BCUT2D eigenvalue weighted by Gasteiger charge is 2.16. The van der Waals surface area contributed by atoms with Crippen LogP contribution in [-0.2, 0) is 16.1 Å². The molecular formula is C20H16N2O3S. The van der Waals surface area contributed by atoms with Crippen molar-refractivity contribution >= 4 is 40.1 Å². The Morgan fingerprint density at radius 1 is 1.27 bits per heavy atom. The van der Waals surface area contributed by atoms with E-state index in [2.05, 4.69) is 6.07 Å². The van der Waals surface area contributed by atoms with E-state index in [1.807, 2.05) is 45.7 Å². The molecule has 0 fully saturated rings. The molecule has 0 unspecified atom stereocenters. The number of rotatable bonds is 7. The summed E-state index contributed by atoms with van der Waals surface area (Å²) < 4.78 is 6.94. The molecule has 0 saturated carbocycles. The fourth-order valence-electron chi connectivity index (χ4n) is 2.62. The molecule has 130 valence electrons. The molecule has 6 heteroatoms. The second kappa shape index (κ2) is 8.28. The molecule has 0 spiro atoms. The molecule has 3 aromatic rings. The average molecular weight is 364 g/mol. The van der Waals surface area contributed by atoms with Crippen LogP contribution in [0.25, 0.3) is 17.0 Å². The van der Waals surface area contributed by atoms with Gasteiger partial charge in [-0.2, -0.15) is 16.6 Å². The van der Waals surface area contributed by atoms with E-state index in [1.165, 1.54) is 17.4 Å². The van der Waals surface area contributed by atoms with Gasteiger partial charge < -0.3 is 9.30 Å². The molecule has 2 heterocycles. The lowest BCUT2D eigenvalue weighted by Gasteiger charge is -2.00. The zero-order valence-electron chi connectivity index (χ0n) is 13.9. The Labute approximate surface area is 154 Å². The van der Waals surface area contributed by atoms with Crippen LogP contribution in [0.2, 0.25) is 0 Å². The van der Waals surface area contributed by atoms with E-state index in [0.29, 0.717) is 18.5 Å². The molecule has 3 rings (SSSR count). The van der Waals surface area contributed by atoms with Gasteiger partial charge in [-0.05, 0) is 34.5 Å². The molecule has 0 amide bonds. The number of benzene rings is 1. The first-order valence-electron chi connectivity index (χ1n) is 8.04. The zero-order valence-corrected chi connectivity index (χ0v) is 14.7. The number of nitriles is 1. The van der Waals surface area contributed by atoms with Crippen molar-refractivity contribution in [3.63, 3.8) is 0 Å². The standard InChI is InChI=1S/C20H16N2O3S/c21-9-3-10-22-12-17(16-4-1-2-5-18(16)22)19(23)13-25-20(24)7-6-15-8-11-26-14-15/h1-2,4-8,11-12,14H,3,10,13H2/b7-6+. The van der Waals surface area contributed by atoms with E-state index in [1.54, 1.807) is 12.3 Å². The summed E-state index contributed by atoms with van der Waals surface area (Å²) in [5, 5.41) is 13.4. The van der Waals surface area contributed by atoms with Gasteiger partial charge in [0, 0.05) is 35.3 Å². The highest BCUT2D eigenvalue weighted by Crippen LogP contribution is 2.22. The van der Waals surface area contributed by atoms with Gasteiger partial charge in [0.05, 0.1) is 12.5 Å². The van der Waals surface area contributed by atoms with Gasteiger partial charge in [0.1, 0.15) is 0 Å². The number of aromatic nitrogens is 1. The van der Waals surface area contributed by atoms with Gasteiger partial charge in [0.2, 0.25) is 5.78 Å². The van der Waals surface area contributed by atoms with Crippen molar-refractivity contribution in [1.82, 2.24) is 4.57 Å². The molecule has 0 aliphatic heterocycles. The zero-order chi connectivity index (χ0) is 18.4. The number of Topliss-reactive ketones (excluding diaryl/α,β-unsaturated/α-hetero) is 1. The molecule has 2 aromatic heterocycles.